The van der Waals surface area contributed by atoms with Gasteiger partial charge in [0.2, 0.25) is 5.91 Å². The van der Waals surface area contributed by atoms with E-state index in [4.69, 9.17) is 14.7 Å². The molecule has 1 aliphatic rings. The van der Waals surface area contributed by atoms with Gasteiger partial charge in [0.15, 0.2) is 5.82 Å². The third-order valence-corrected chi connectivity index (χ3v) is 5.87. The number of benzene rings is 2. The molecular weight excluding hydrogens is 426 g/mol. The summed E-state index contributed by atoms with van der Waals surface area (Å²) in [5.41, 5.74) is 1.83. The average molecular weight is 444 g/mol. The highest BCUT2D eigenvalue weighted by Gasteiger charge is 2.18. The van der Waals surface area contributed by atoms with Crippen molar-refractivity contribution in [3.63, 3.8) is 0 Å². The topological polar surface area (TPSA) is 55.3 Å². The first-order valence-electron chi connectivity index (χ1n) is 8.72. The molecule has 0 aliphatic carbocycles. The number of hydrogen-bond acceptors (Lipinski definition) is 5. The van der Waals surface area contributed by atoms with Gasteiger partial charge in [-0.1, -0.05) is 58.0 Å². The van der Waals surface area contributed by atoms with Crippen molar-refractivity contribution in [2.24, 2.45) is 0 Å². The zero-order valence-corrected chi connectivity index (χ0v) is 17.0. The summed E-state index contributed by atoms with van der Waals surface area (Å²) in [6.07, 6.45) is 0. The maximum Gasteiger partial charge on any atom is 0.233 e. The van der Waals surface area contributed by atoms with E-state index < -0.39 is 0 Å². The Morgan fingerprint density at radius 1 is 1.07 bits per heavy atom. The van der Waals surface area contributed by atoms with E-state index in [1.165, 1.54) is 11.8 Å². The fraction of sp³-hybridized carbons (Fsp3) is 0.250. The van der Waals surface area contributed by atoms with Gasteiger partial charge in [0.05, 0.1) is 24.5 Å². The number of halogens is 1. The van der Waals surface area contributed by atoms with Gasteiger partial charge in [-0.25, -0.2) is 9.97 Å². The van der Waals surface area contributed by atoms with Crippen LogP contribution in [0.1, 0.15) is 0 Å². The highest BCUT2D eigenvalue weighted by Crippen LogP contribution is 2.29. The van der Waals surface area contributed by atoms with Gasteiger partial charge in [-0.05, 0) is 18.2 Å². The molecule has 1 fully saturated rings. The Balaban J connectivity index is 1.62. The Labute approximate surface area is 170 Å². The molecule has 4 rings (SSSR count). The Morgan fingerprint density at radius 2 is 1.81 bits per heavy atom. The minimum Gasteiger partial charge on any atom is -0.378 e. The number of carbonyl (C=O) groups excluding carboxylic acids is 1. The van der Waals surface area contributed by atoms with Crippen LogP contribution in [0.4, 0.5) is 0 Å². The van der Waals surface area contributed by atoms with E-state index in [0.29, 0.717) is 37.9 Å². The highest BCUT2D eigenvalue weighted by molar-refractivity contribution is 9.10. The maximum atomic E-state index is 12.5. The van der Waals surface area contributed by atoms with Crippen molar-refractivity contribution in [3.8, 4) is 11.4 Å². The zero-order valence-electron chi connectivity index (χ0n) is 14.6. The Morgan fingerprint density at radius 3 is 2.59 bits per heavy atom. The lowest BCUT2D eigenvalue weighted by Gasteiger charge is -2.26. The molecule has 5 nitrogen and oxygen atoms in total. The molecule has 0 saturated carbocycles. The van der Waals surface area contributed by atoms with Crippen molar-refractivity contribution in [1.29, 1.82) is 0 Å². The van der Waals surface area contributed by atoms with Crippen molar-refractivity contribution in [3.05, 3.63) is 53.0 Å². The molecule has 0 unspecified atom stereocenters. The molecule has 1 saturated heterocycles. The molecule has 7 heteroatoms. The van der Waals surface area contributed by atoms with Crippen LogP contribution in [0.3, 0.4) is 0 Å². The van der Waals surface area contributed by atoms with Crippen LogP contribution in [0.15, 0.2) is 58.0 Å². The fourth-order valence-electron chi connectivity index (χ4n) is 2.92. The van der Waals surface area contributed by atoms with Crippen LogP contribution in [0.25, 0.3) is 22.3 Å². The summed E-state index contributed by atoms with van der Waals surface area (Å²) < 4.78 is 6.33. The molecule has 0 atom stereocenters. The predicted molar refractivity (Wildman–Crippen MR) is 111 cm³/mol. The predicted octanol–water partition coefficient (Wildman–Crippen LogP) is 4.01. The Bertz CT molecular complexity index is 959. The first-order chi connectivity index (χ1) is 13.2. The summed E-state index contributed by atoms with van der Waals surface area (Å²) in [6, 6.07) is 15.8. The van der Waals surface area contributed by atoms with Crippen LogP contribution >= 0.6 is 27.7 Å². The van der Waals surface area contributed by atoms with Gasteiger partial charge in [0, 0.05) is 28.5 Å². The van der Waals surface area contributed by atoms with Crippen molar-refractivity contribution < 1.29 is 9.53 Å². The molecule has 1 aliphatic heterocycles. The second-order valence-corrected chi connectivity index (χ2v) is 8.04. The van der Waals surface area contributed by atoms with Gasteiger partial charge >= 0.3 is 0 Å². The number of morpholine rings is 1. The monoisotopic (exact) mass is 443 g/mol. The SMILES string of the molecule is O=C(CSc1nc(-c2ccc(Br)cc2)nc2ccccc12)N1CCOCC1. The number of para-hydroxylation sites is 1. The summed E-state index contributed by atoms with van der Waals surface area (Å²) in [5.74, 6) is 1.15. The number of fused-ring (bicyclic) bond motifs is 1. The standard InChI is InChI=1S/C20H18BrN3O2S/c21-15-7-5-14(6-8-15)19-22-17-4-2-1-3-16(17)20(23-19)27-13-18(25)24-9-11-26-12-10-24/h1-8H,9-13H2. The summed E-state index contributed by atoms with van der Waals surface area (Å²) in [6.45, 7) is 2.54. The smallest absolute Gasteiger partial charge is 0.233 e. The molecule has 0 spiro atoms. The second-order valence-electron chi connectivity index (χ2n) is 6.16. The minimum atomic E-state index is 0.121. The molecule has 2 aromatic carbocycles. The van der Waals surface area contributed by atoms with Gasteiger partial charge in [-0.15, -0.1) is 0 Å². The first-order valence-corrected chi connectivity index (χ1v) is 10.5. The number of hydrogen-bond donors (Lipinski definition) is 0. The first kappa shape index (κ1) is 18.4. The number of nitrogens with zero attached hydrogens (tertiary/aromatic N) is 3. The third kappa shape index (κ3) is 4.31. The third-order valence-electron chi connectivity index (χ3n) is 4.37. The van der Waals surface area contributed by atoms with Crippen LogP contribution in [-0.2, 0) is 9.53 Å². The quantitative estimate of drug-likeness (QED) is 0.450. The maximum absolute atomic E-state index is 12.5. The van der Waals surface area contributed by atoms with Crippen LogP contribution in [-0.4, -0.2) is 52.8 Å². The van der Waals surface area contributed by atoms with E-state index in [1.54, 1.807) is 0 Å². The largest absolute Gasteiger partial charge is 0.378 e. The van der Waals surface area contributed by atoms with E-state index in [1.807, 2.05) is 53.4 Å². The number of aromatic nitrogens is 2. The van der Waals surface area contributed by atoms with Gasteiger partial charge in [-0.2, -0.15) is 0 Å². The number of thioether (sulfide) groups is 1. The van der Waals surface area contributed by atoms with E-state index >= 15 is 0 Å². The van der Waals surface area contributed by atoms with Crippen LogP contribution < -0.4 is 0 Å². The molecule has 138 valence electrons. The molecule has 0 radical (unpaired) electrons. The summed E-state index contributed by atoms with van der Waals surface area (Å²) >= 11 is 4.93. The van der Waals surface area contributed by atoms with E-state index in [-0.39, 0.29) is 5.91 Å². The van der Waals surface area contributed by atoms with Crippen LogP contribution in [0.5, 0.6) is 0 Å². The second kappa shape index (κ2) is 8.37. The molecule has 0 bridgehead atoms. The number of ether oxygens (including phenoxy) is 1. The Kier molecular flexibility index (Phi) is 5.71. The van der Waals surface area contributed by atoms with Crippen molar-refractivity contribution in [2.45, 2.75) is 5.03 Å². The zero-order chi connectivity index (χ0) is 18.6. The van der Waals surface area contributed by atoms with E-state index in [9.17, 15) is 4.79 Å². The van der Waals surface area contributed by atoms with Crippen LogP contribution in [0.2, 0.25) is 0 Å². The molecular formula is C20H18BrN3O2S. The van der Waals surface area contributed by atoms with Gasteiger partial charge in [-0.3, -0.25) is 4.79 Å². The van der Waals surface area contributed by atoms with E-state index in [0.717, 1.165) is 26.0 Å². The molecule has 3 aromatic rings. The normalized spacial score (nSPS) is 14.5. The molecule has 2 heterocycles. The van der Waals surface area contributed by atoms with Gasteiger partial charge in [0.25, 0.3) is 0 Å². The Hall–Kier alpha value is -1.96. The number of amides is 1. The molecule has 1 aromatic heterocycles. The highest BCUT2D eigenvalue weighted by atomic mass is 79.9. The molecule has 0 N–H and O–H groups in total. The van der Waals surface area contributed by atoms with E-state index in [2.05, 4.69) is 15.9 Å². The lowest BCUT2D eigenvalue weighted by atomic mass is 10.2. The van der Waals surface area contributed by atoms with Crippen molar-refractivity contribution in [1.82, 2.24) is 14.9 Å². The fourth-order valence-corrected chi connectivity index (χ4v) is 4.11. The lowest BCUT2D eigenvalue weighted by molar-refractivity contribution is -0.132. The van der Waals surface area contributed by atoms with Crippen molar-refractivity contribution >= 4 is 44.5 Å². The summed E-state index contributed by atoms with van der Waals surface area (Å²) in [5, 5.41) is 1.80. The molecule has 1 amide bonds. The van der Waals surface area contributed by atoms with Gasteiger partial charge in [0.1, 0.15) is 5.03 Å². The minimum absolute atomic E-state index is 0.121. The summed E-state index contributed by atoms with van der Waals surface area (Å²) in [4.78, 5) is 23.8. The average Bonchev–Trinajstić information content (AvgIpc) is 2.72. The lowest BCUT2D eigenvalue weighted by Crippen LogP contribution is -2.41. The molecule has 27 heavy (non-hydrogen) atoms. The van der Waals surface area contributed by atoms with Crippen molar-refractivity contribution in [2.75, 3.05) is 32.1 Å². The summed E-state index contributed by atoms with van der Waals surface area (Å²) in [7, 11) is 0. The van der Waals surface area contributed by atoms with Crippen LogP contribution in [0, 0.1) is 0 Å². The number of carbonyl (C=O) groups is 1. The number of rotatable bonds is 4. The van der Waals surface area contributed by atoms with Gasteiger partial charge < -0.3 is 9.64 Å².